The Bertz CT molecular complexity index is 678. The zero-order chi connectivity index (χ0) is 17.5. The molecule has 0 radical (unpaired) electrons. The summed E-state index contributed by atoms with van der Waals surface area (Å²) in [7, 11) is 5.47. The Kier molecular flexibility index (Phi) is 9.70. The van der Waals surface area contributed by atoms with Gasteiger partial charge in [-0.05, 0) is 24.6 Å². The Morgan fingerprint density at radius 1 is 1.40 bits per heavy atom. The van der Waals surface area contributed by atoms with Gasteiger partial charge in [-0.15, -0.1) is 35.3 Å². The fraction of sp³-hybridized carbons (Fsp3) is 0.412. The maximum Gasteiger partial charge on any atom is 0.194 e. The first-order valence-electron chi connectivity index (χ1n) is 7.66. The predicted molar refractivity (Wildman–Crippen MR) is 116 cm³/mol. The molecule has 25 heavy (non-hydrogen) atoms. The van der Waals surface area contributed by atoms with Crippen molar-refractivity contribution in [2.45, 2.75) is 26.1 Å². The topological polar surface area (TPSA) is 49.8 Å². The fourth-order valence-corrected chi connectivity index (χ4v) is 3.14. The summed E-state index contributed by atoms with van der Waals surface area (Å²) in [6, 6.07) is 7.78. The minimum atomic E-state index is 0. The number of aliphatic imine (C=N–C) groups is 1. The van der Waals surface area contributed by atoms with Gasteiger partial charge in [-0.1, -0.05) is 23.7 Å². The van der Waals surface area contributed by atoms with Crippen LogP contribution in [0.5, 0.6) is 0 Å². The van der Waals surface area contributed by atoms with Crippen LogP contribution in [0.1, 0.15) is 29.3 Å². The van der Waals surface area contributed by atoms with Crippen molar-refractivity contribution in [3.05, 3.63) is 50.9 Å². The number of rotatable bonds is 6. The molecule has 0 aliphatic rings. The van der Waals surface area contributed by atoms with Gasteiger partial charge in [-0.3, -0.25) is 4.99 Å². The molecule has 0 aliphatic heterocycles. The van der Waals surface area contributed by atoms with E-state index in [0.29, 0.717) is 13.1 Å². The Morgan fingerprint density at radius 2 is 2.08 bits per heavy atom. The van der Waals surface area contributed by atoms with E-state index >= 15 is 0 Å². The second kappa shape index (κ2) is 10.9. The maximum atomic E-state index is 5.91. The molecule has 0 aliphatic carbocycles. The highest BCUT2D eigenvalue weighted by Crippen LogP contribution is 2.20. The summed E-state index contributed by atoms with van der Waals surface area (Å²) in [5.41, 5.74) is 2.16. The molecule has 8 heteroatoms. The summed E-state index contributed by atoms with van der Waals surface area (Å²) >= 11 is 7.53. The van der Waals surface area contributed by atoms with Gasteiger partial charge in [0.2, 0.25) is 0 Å². The molecular formula is C17H24ClIN4OS. The lowest BCUT2D eigenvalue weighted by atomic mass is 10.2. The van der Waals surface area contributed by atoms with Crippen LogP contribution < -0.4 is 5.32 Å². The number of aromatic nitrogens is 1. The largest absolute Gasteiger partial charge is 0.375 e. The number of hydrogen-bond donors (Lipinski definition) is 1. The Balaban J connectivity index is 0.00000312. The number of hydrogen-bond acceptors (Lipinski definition) is 4. The third-order valence-electron chi connectivity index (χ3n) is 3.61. The molecular weight excluding hydrogens is 471 g/mol. The van der Waals surface area contributed by atoms with Crippen molar-refractivity contribution in [2.75, 3.05) is 21.2 Å². The van der Waals surface area contributed by atoms with E-state index in [4.69, 9.17) is 16.3 Å². The Hall–Kier alpha value is -0.900. The van der Waals surface area contributed by atoms with Gasteiger partial charge in [-0.2, -0.15) is 0 Å². The Morgan fingerprint density at radius 3 is 2.68 bits per heavy atom. The van der Waals surface area contributed by atoms with Crippen LogP contribution >= 0.6 is 46.9 Å². The number of ether oxygens (including phenoxy) is 1. The molecule has 1 aromatic carbocycles. The van der Waals surface area contributed by atoms with Crippen molar-refractivity contribution in [2.24, 2.45) is 4.99 Å². The van der Waals surface area contributed by atoms with E-state index in [2.05, 4.69) is 20.7 Å². The normalized spacial score (nSPS) is 12.4. The highest BCUT2D eigenvalue weighted by Gasteiger charge is 2.12. The van der Waals surface area contributed by atoms with E-state index in [1.54, 1.807) is 25.5 Å². The molecule has 1 N–H and O–H groups in total. The van der Waals surface area contributed by atoms with E-state index in [1.807, 2.05) is 43.1 Å². The standard InChI is InChI=1S/C17H23ClN4OS.HI/c1-12(23-4)16-21-15(11-24-16)10-22(3)17(19-2)20-9-13-5-7-14(18)8-6-13;/h5-8,11-12H,9-10H2,1-4H3,(H,19,20);1H. The van der Waals surface area contributed by atoms with E-state index < -0.39 is 0 Å². The highest BCUT2D eigenvalue weighted by molar-refractivity contribution is 14.0. The van der Waals surface area contributed by atoms with Crippen LogP contribution in [0.2, 0.25) is 5.02 Å². The third kappa shape index (κ3) is 6.73. The van der Waals surface area contributed by atoms with E-state index in [1.165, 1.54) is 0 Å². The van der Waals surface area contributed by atoms with Crippen molar-refractivity contribution >= 4 is 52.9 Å². The van der Waals surface area contributed by atoms with Crippen LogP contribution in [-0.2, 0) is 17.8 Å². The van der Waals surface area contributed by atoms with Gasteiger partial charge in [0.15, 0.2) is 5.96 Å². The summed E-state index contributed by atoms with van der Waals surface area (Å²) in [4.78, 5) is 11.0. The van der Waals surface area contributed by atoms with Crippen LogP contribution in [0.15, 0.2) is 34.6 Å². The minimum Gasteiger partial charge on any atom is -0.375 e. The molecule has 0 spiro atoms. The van der Waals surface area contributed by atoms with Crippen molar-refractivity contribution in [1.29, 1.82) is 0 Å². The molecule has 0 saturated carbocycles. The van der Waals surface area contributed by atoms with Crippen LogP contribution in [0.4, 0.5) is 0 Å². The Labute approximate surface area is 175 Å². The SMILES string of the molecule is CN=C(NCc1ccc(Cl)cc1)N(C)Cc1csc(C(C)OC)n1.I. The molecule has 2 aromatic rings. The minimum absolute atomic E-state index is 0. The maximum absolute atomic E-state index is 5.91. The smallest absolute Gasteiger partial charge is 0.194 e. The highest BCUT2D eigenvalue weighted by atomic mass is 127. The third-order valence-corrected chi connectivity index (χ3v) is 4.91. The van der Waals surface area contributed by atoms with Gasteiger partial charge < -0.3 is 15.0 Å². The molecule has 0 saturated heterocycles. The van der Waals surface area contributed by atoms with Gasteiger partial charge >= 0.3 is 0 Å². The second-order valence-electron chi connectivity index (χ2n) is 5.44. The molecule has 5 nitrogen and oxygen atoms in total. The van der Waals surface area contributed by atoms with Crippen molar-refractivity contribution in [3.8, 4) is 0 Å². The van der Waals surface area contributed by atoms with Crippen LogP contribution in [-0.4, -0.2) is 37.0 Å². The quantitative estimate of drug-likeness (QED) is 0.369. The molecule has 138 valence electrons. The number of halogens is 2. The second-order valence-corrected chi connectivity index (χ2v) is 6.76. The van der Waals surface area contributed by atoms with Gasteiger partial charge in [0.1, 0.15) is 11.1 Å². The molecule has 1 atom stereocenters. The average molecular weight is 495 g/mol. The average Bonchev–Trinajstić information content (AvgIpc) is 3.04. The molecule has 1 aromatic heterocycles. The van der Waals surface area contributed by atoms with Crippen LogP contribution in [0, 0.1) is 0 Å². The summed E-state index contributed by atoms with van der Waals surface area (Å²) in [6.45, 7) is 3.38. The molecule has 1 unspecified atom stereocenters. The summed E-state index contributed by atoms with van der Waals surface area (Å²) in [5, 5.41) is 7.14. The van der Waals surface area contributed by atoms with Crippen LogP contribution in [0.3, 0.4) is 0 Å². The summed E-state index contributed by atoms with van der Waals surface area (Å²) < 4.78 is 5.31. The van der Waals surface area contributed by atoms with Gasteiger partial charge in [-0.25, -0.2) is 4.98 Å². The first-order valence-corrected chi connectivity index (χ1v) is 8.92. The fourth-order valence-electron chi connectivity index (χ4n) is 2.17. The monoisotopic (exact) mass is 494 g/mol. The van der Waals surface area contributed by atoms with Gasteiger partial charge in [0.05, 0.1) is 12.2 Å². The van der Waals surface area contributed by atoms with Gasteiger partial charge in [0, 0.05) is 38.2 Å². The zero-order valence-electron chi connectivity index (χ0n) is 14.8. The number of methoxy groups -OCH3 is 1. The van der Waals surface area contributed by atoms with Crippen molar-refractivity contribution in [3.63, 3.8) is 0 Å². The number of nitrogens with zero attached hydrogens (tertiary/aromatic N) is 3. The number of thiazole rings is 1. The molecule has 2 rings (SSSR count). The first kappa shape index (κ1) is 22.1. The van der Waals surface area contributed by atoms with Gasteiger partial charge in [0.25, 0.3) is 0 Å². The lowest BCUT2D eigenvalue weighted by molar-refractivity contribution is 0.119. The predicted octanol–water partition coefficient (Wildman–Crippen LogP) is 4.33. The zero-order valence-corrected chi connectivity index (χ0v) is 18.7. The lowest BCUT2D eigenvalue weighted by Gasteiger charge is -2.21. The number of guanidine groups is 1. The van der Waals surface area contributed by atoms with E-state index in [0.717, 1.165) is 27.2 Å². The van der Waals surface area contributed by atoms with E-state index in [-0.39, 0.29) is 30.1 Å². The molecule has 1 heterocycles. The molecule has 0 amide bonds. The molecule has 0 bridgehead atoms. The summed E-state index contributed by atoms with van der Waals surface area (Å²) in [5.74, 6) is 0.819. The number of benzene rings is 1. The van der Waals surface area contributed by atoms with Crippen molar-refractivity contribution in [1.82, 2.24) is 15.2 Å². The molecule has 0 fully saturated rings. The number of nitrogens with one attached hydrogen (secondary N) is 1. The first-order chi connectivity index (χ1) is 11.5. The van der Waals surface area contributed by atoms with E-state index in [9.17, 15) is 0 Å². The van der Waals surface area contributed by atoms with Crippen LogP contribution in [0.25, 0.3) is 0 Å². The lowest BCUT2D eigenvalue weighted by Crippen LogP contribution is -2.38. The van der Waals surface area contributed by atoms with Crippen molar-refractivity contribution < 1.29 is 4.74 Å². The summed E-state index contributed by atoms with van der Waals surface area (Å²) in [6.07, 6.45) is 0.0244.